The maximum absolute atomic E-state index is 11.3. The Bertz CT molecular complexity index is 568. The summed E-state index contributed by atoms with van der Waals surface area (Å²) in [5.41, 5.74) is 0.244. The van der Waals surface area contributed by atoms with Crippen LogP contribution in [0.5, 0.6) is 0 Å². The maximum Gasteiger partial charge on any atom is 0.332 e. The van der Waals surface area contributed by atoms with Crippen molar-refractivity contribution in [3.8, 4) is 0 Å². The standard InChI is InChI=1S/C12H18N6O3/c1-8-10(18(20)21)11(15-12(13-3)14-8)17-6-4-16(5-7-17)9(2)19/h4-7H2,1-3H3,(H,13,14,15). The third-order valence-corrected chi connectivity index (χ3v) is 3.47. The van der Waals surface area contributed by atoms with Gasteiger partial charge in [0, 0.05) is 40.2 Å². The van der Waals surface area contributed by atoms with Gasteiger partial charge in [0.15, 0.2) is 0 Å². The largest absolute Gasteiger partial charge is 0.357 e. The molecule has 2 heterocycles. The molecule has 0 spiro atoms. The number of piperazine rings is 1. The van der Waals surface area contributed by atoms with Gasteiger partial charge in [0.1, 0.15) is 5.69 Å². The summed E-state index contributed by atoms with van der Waals surface area (Å²) in [5.74, 6) is 0.668. The zero-order valence-corrected chi connectivity index (χ0v) is 12.3. The lowest BCUT2D eigenvalue weighted by molar-refractivity contribution is -0.385. The molecule has 0 bridgehead atoms. The van der Waals surface area contributed by atoms with Gasteiger partial charge in [-0.25, -0.2) is 4.98 Å². The fourth-order valence-corrected chi connectivity index (χ4v) is 2.33. The summed E-state index contributed by atoms with van der Waals surface area (Å²) in [6.07, 6.45) is 0. The molecule has 1 N–H and O–H groups in total. The van der Waals surface area contributed by atoms with Crippen LogP contribution in [0.3, 0.4) is 0 Å². The molecule has 1 aromatic rings. The number of hydrogen-bond donors (Lipinski definition) is 1. The topological polar surface area (TPSA) is 104 Å². The predicted molar refractivity (Wildman–Crippen MR) is 77.4 cm³/mol. The van der Waals surface area contributed by atoms with E-state index in [-0.39, 0.29) is 11.6 Å². The molecule has 1 aliphatic rings. The Hall–Kier alpha value is -2.45. The number of nitrogens with one attached hydrogen (secondary N) is 1. The molecule has 1 amide bonds. The molecule has 2 rings (SSSR count). The van der Waals surface area contributed by atoms with Crippen molar-refractivity contribution < 1.29 is 9.72 Å². The number of carbonyl (C=O) groups is 1. The zero-order valence-electron chi connectivity index (χ0n) is 12.3. The second-order valence-corrected chi connectivity index (χ2v) is 4.81. The molecular formula is C12H18N6O3. The third-order valence-electron chi connectivity index (χ3n) is 3.47. The van der Waals surface area contributed by atoms with Crippen LogP contribution in [0, 0.1) is 17.0 Å². The normalized spacial score (nSPS) is 15.0. The fraction of sp³-hybridized carbons (Fsp3) is 0.583. The number of anilines is 2. The number of carbonyl (C=O) groups excluding carboxylic acids is 1. The number of aryl methyl sites for hydroxylation is 1. The highest BCUT2D eigenvalue weighted by molar-refractivity contribution is 5.73. The van der Waals surface area contributed by atoms with E-state index in [9.17, 15) is 14.9 Å². The quantitative estimate of drug-likeness (QED) is 0.635. The van der Waals surface area contributed by atoms with Gasteiger partial charge >= 0.3 is 5.69 Å². The zero-order chi connectivity index (χ0) is 15.6. The summed E-state index contributed by atoms with van der Waals surface area (Å²) in [5, 5.41) is 14.1. The van der Waals surface area contributed by atoms with Gasteiger partial charge in [-0.2, -0.15) is 4.98 Å². The number of aromatic nitrogens is 2. The van der Waals surface area contributed by atoms with Gasteiger partial charge in [-0.15, -0.1) is 0 Å². The number of hydrogen-bond acceptors (Lipinski definition) is 7. The Balaban J connectivity index is 2.32. The second-order valence-electron chi connectivity index (χ2n) is 4.81. The van der Waals surface area contributed by atoms with E-state index in [4.69, 9.17) is 0 Å². The summed E-state index contributed by atoms with van der Waals surface area (Å²) in [6, 6.07) is 0. The van der Waals surface area contributed by atoms with E-state index >= 15 is 0 Å². The van der Waals surface area contributed by atoms with E-state index in [1.165, 1.54) is 6.92 Å². The Morgan fingerprint density at radius 3 is 2.38 bits per heavy atom. The molecule has 1 saturated heterocycles. The van der Waals surface area contributed by atoms with Gasteiger partial charge in [-0.1, -0.05) is 0 Å². The lowest BCUT2D eigenvalue weighted by Gasteiger charge is -2.34. The Morgan fingerprint density at radius 2 is 1.90 bits per heavy atom. The molecule has 1 aliphatic heterocycles. The number of amides is 1. The molecule has 114 valence electrons. The fourth-order valence-electron chi connectivity index (χ4n) is 2.33. The first kappa shape index (κ1) is 14.9. The highest BCUT2D eigenvalue weighted by Gasteiger charge is 2.29. The molecule has 0 unspecified atom stereocenters. The molecule has 0 saturated carbocycles. The molecule has 1 fully saturated rings. The molecule has 0 radical (unpaired) electrons. The van der Waals surface area contributed by atoms with Crippen LogP contribution in [0.1, 0.15) is 12.6 Å². The van der Waals surface area contributed by atoms with E-state index in [0.717, 1.165) is 0 Å². The van der Waals surface area contributed by atoms with E-state index in [1.807, 2.05) is 4.90 Å². The minimum atomic E-state index is -0.457. The molecule has 9 nitrogen and oxygen atoms in total. The minimum absolute atomic E-state index is 0.0129. The summed E-state index contributed by atoms with van der Waals surface area (Å²) < 4.78 is 0. The first-order valence-electron chi connectivity index (χ1n) is 6.65. The van der Waals surface area contributed by atoms with Gasteiger partial charge < -0.3 is 15.1 Å². The summed E-state index contributed by atoms with van der Waals surface area (Å²) in [7, 11) is 1.66. The van der Waals surface area contributed by atoms with Crippen LogP contribution in [0.25, 0.3) is 0 Å². The van der Waals surface area contributed by atoms with Gasteiger partial charge in [0.25, 0.3) is 0 Å². The van der Waals surface area contributed by atoms with E-state index < -0.39 is 4.92 Å². The van der Waals surface area contributed by atoms with E-state index in [0.29, 0.717) is 43.6 Å². The van der Waals surface area contributed by atoms with Crippen LogP contribution < -0.4 is 10.2 Å². The van der Waals surface area contributed by atoms with Crippen LogP contribution in [0.2, 0.25) is 0 Å². The lowest BCUT2D eigenvalue weighted by Crippen LogP contribution is -2.48. The first-order valence-corrected chi connectivity index (χ1v) is 6.65. The molecular weight excluding hydrogens is 276 g/mol. The van der Waals surface area contributed by atoms with Crippen molar-refractivity contribution in [2.75, 3.05) is 43.4 Å². The van der Waals surface area contributed by atoms with Gasteiger partial charge in [0.2, 0.25) is 17.7 Å². The second kappa shape index (κ2) is 5.90. The molecule has 0 atom stereocenters. The summed E-state index contributed by atoms with van der Waals surface area (Å²) in [6.45, 7) is 5.21. The average molecular weight is 294 g/mol. The summed E-state index contributed by atoms with van der Waals surface area (Å²) >= 11 is 0. The van der Waals surface area contributed by atoms with Gasteiger partial charge in [-0.3, -0.25) is 14.9 Å². The molecule has 21 heavy (non-hydrogen) atoms. The first-order chi connectivity index (χ1) is 9.93. The molecule has 0 aromatic carbocycles. The van der Waals surface area contributed by atoms with Crippen molar-refractivity contribution in [3.05, 3.63) is 15.8 Å². The minimum Gasteiger partial charge on any atom is -0.357 e. The Labute approximate surface area is 122 Å². The van der Waals surface area contributed by atoms with Crippen LogP contribution in [0.15, 0.2) is 0 Å². The van der Waals surface area contributed by atoms with Crippen molar-refractivity contribution in [2.24, 2.45) is 0 Å². The highest BCUT2D eigenvalue weighted by Crippen LogP contribution is 2.30. The summed E-state index contributed by atoms with van der Waals surface area (Å²) in [4.78, 5) is 34.0. The van der Waals surface area contributed by atoms with Gasteiger partial charge in [-0.05, 0) is 6.92 Å². The smallest absolute Gasteiger partial charge is 0.332 e. The molecule has 9 heteroatoms. The van der Waals surface area contributed by atoms with Crippen molar-refractivity contribution in [1.82, 2.24) is 14.9 Å². The van der Waals surface area contributed by atoms with Crippen molar-refractivity contribution in [3.63, 3.8) is 0 Å². The lowest BCUT2D eigenvalue weighted by atomic mass is 10.2. The molecule has 0 aliphatic carbocycles. The Morgan fingerprint density at radius 1 is 1.29 bits per heavy atom. The SMILES string of the molecule is CNc1nc(C)c([N+](=O)[O-])c(N2CCN(C(C)=O)CC2)n1. The monoisotopic (exact) mass is 294 g/mol. The number of nitro groups is 1. The molecule has 1 aromatic heterocycles. The van der Waals surface area contributed by atoms with Crippen LogP contribution in [0.4, 0.5) is 17.5 Å². The van der Waals surface area contributed by atoms with Crippen molar-refractivity contribution in [2.45, 2.75) is 13.8 Å². The van der Waals surface area contributed by atoms with E-state index in [2.05, 4.69) is 15.3 Å². The maximum atomic E-state index is 11.3. The number of nitrogens with zero attached hydrogens (tertiary/aromatic N) is 5. The van der Waals surface area contributed by atoms with Crippen molar-refractivity contribution >= 4 is 23.4 Å². The number of rotatable bonds is 3. The predicted octanol–water partition coefficient (Wildman–Crippen LogP) is 0.403. The third kappa shape index (κ3) is 3.01. The van der Waals surface area contributed by atoms with Crippen LogP contribution in [-0.2, 0) is 4.79 Å². The van der Waals surface area contributed by atoms with E-state index in [1.54, 1.807) is 18.9 Å². The van der Waals surface area contributed by atoms with Crippen molar-refractivity contribution in [1.29, 1.82) is 0 Å². The van der Waals surface area contributed by atoms with Gasteiger partial charge in [0.05, 0.1) is 4.92 Å². The van der Waals surface area contributed by atoms with Crippen LogP contribution in [-0.4, -0.2) is 58.9 Å². The highest BCUT2D eigenvalue weighted by atomic mass is 16.6. The van der Waals surface area contributed by atoms with Crippen LogP contribution >= 0.6 is 0 Å². The Kier molecular flexibility index (Phi) is 4.20. The average Bonchev–Trinajstić information content (AvgIpc) is 2.45.